The maximum Gasteiger partial charge on any atom is 0.335 e. The maximum absolute atomic E-state index is 11.9. The van der Waals surface area contributed by atoms with Crippen molar-refractivity contribution in [2.45, 2.75) is 11.5 Å². The van der Waals surface area contributed by atoms with Crippen LogP contribution in [-0.2, 0) is 11.4 Å². The molecular formula is C23H19ClN2O4S. The summed E-state index contributed by atoms with van der Waals surface area (Å²) in [7, 11) is 0. The molecule has 2 N–H and O–H groups in total. The molecule has 31 heavy (non-hydrogen) atoms. The van der Waals surface area contributed by atoms with E-state index in [1.165, 1.54) is 11.8 Å². The summed E-state index contributed by atoms with van der Waals surface area (Å²) < 4.78 is 5.70. The van der Waals surface area contributed by atoms with Gasteiger partial charge in [-0.3, -0.25) is 4.79 Å². The van der Waals surface area contributed by atoms with Gasteiger partial charge in [0.2, 0.25) is 5.91 Å². The number of halogens is 1. The minimum atomic E-state index is -0.957. The lowest BCUT2D eigenvalue weighted by Gasteiger charge is -2.07. The van der Waals surface area contributed by atoms with Crippen molar-refractivity contribution < 1.29 is 19.4 Å². The number of carbonyl (C=O) groups is 2. The van der Waals surface area contributed by atoms with Crippen LogP contribution in [0.5, 0.6) is 5.75 Å². The van der Waals surface area contributed by atoms with Crippen LogP contribution in [0, 0.1) is 0 Å². The number of nitrogens with one attached hydrogen (secondary N) is 1. The fourth-order valence-electron chi connectivity index (χ4n) is 2.45. The highest BCUT2D eigenvalue weighted by Crippen LogP contribution is 2.20. The molecule has 3 rings (SSSR count). The molecule has 1 amide bonds. The van der Waals surface area contributed by atoms with E-state index in [-0.39, 0.29) is 17.2 Å². The van der Waals surface area contributed by atoms with Crippen molar-refractivity contribution in [3.05, 3.63) is 94.5 Å². The fourth-order valence-corrected chi connectivity index (χ4v) is 3.27. The summed E-state index contributed by atoms with van der Waals surface area (Å²) in [5, 5.41) is 13.5. The Bertz CT molecular complexity index is 1050. The van der Waals surface area contributed by atoms with Crippen LogP contribution in [0.15, 0.2) is 82.8 Å². The van der Waals surface area contributed by atoms with Crippen LogP contribution in [0.3, 0.4) is 0 Å². The lowest BCUT2D eigenvalue weighted by atomic mass is 10.1. The number of thioether (sulfide) groups is 1. The van der Waals surface area contributed by atoms with Gasteiger partial charge in [-0.15, -0.1) is 11.8 Å². The van der Waals surface area contributed by atoms with E-state index in [1.807, 2.05) is 24.3 Å². The molecule has 0 fully saturated rings. The van der Waals surface area contributed by atoms with Crippen molar-refractivity contribution in [2.24, 2.45) is 5.10 Å². The number of carboxylic acid groups (broad SMARTS) is 1. The zero-order valence-corrected chi connectivity index (χ0v) is 17.9. The zero-order chi connectivity index (χ0) is 22.1. The van der Waals surface area contributed by atoms with Crippen LogP contribution in [0.2, 0.25) is 5.02 Å². The Morgan fingerprint density at radius 3 is 2.32 bits per heavy atom. The van der Waals surface area contributed by atoms with E-state index in [4.69, 9.17) is 21.4 Å². The molecule has 6 nitrogen and oxygen atoms in total. The van der Waals surface area contributed by atoms with E-state index in [2.05, 4.69) is 10.5 Å². The second-order valence-corrected chi connectivity index (χ2v) is 7.88. The Morgan fingerprint density at radius 1 is 1.00 bits per heavy atom. The van der Waals surface area contributed by atoms with Gasteiger partial charge in [-0.2, -0.15) is 5.10 Å². The molecule has 8 heteroatoms. The number of amides is 1. The van der Waals surface area contributed by atoms with E-state index >= 15 is 0 Å². The molecular weight excluding hydrogens is 436 g/mol. The largest absolute Gasteiger partial charge is 0.489 e. The average Bonchev–Trinajstić information content (AvgIpc) is 2.78. The van der Waals surface area contributed by atoms with E-state index in [9.17, 15) is 9.59 Å². The van der Waals surface area contributed by atoms with Crippen LogP contribution in [-0.4, -0.2) is 29.0 Å². The van der Waals surface area contributed by atoms with Gasteiger partial charge >= 0.3 is 5.97 Å². The van der Waals surface area contributed by atoms with E-state index in [0.717, 1.165) is 16.0 Å². The van der Waals surface area contributed by atoms with Crippen molar-refractivity contribution >= 4 is 41.5 Å². The Kier molecular flexibility index (Phi) is 8.09. The predicted molar refractivity (Wildman–Crippen MR) is 122 cm³/mol. The van der Waals surface area contributed by atoms with Crippen LogP contribution in [0.4, 0.5) is 0 Å². The third-order valence-corrected chi connectivity index (χ3v) is 5.34. The quantitative estimate of drug-likeness (QED) is 0.274. The van der Waals surface area contributed by atoms with Gasteiger partial charge in [0.1, 0.15) is 12.4 Å². The molecule has 0 aliphatic carbocycles. The number of hydrazone groups is 1. The summed E-state index contributed by atoms with van der Waals surface area (Å²) in [6.45, 7) is 0.328. The van der Waals surface area contributed by atoms with Crippen LogP contribution >= 0.6 is 23.4 Å². The molecule has 0 atom stereocenters. The second kappa shape index (κ2) is 11.2. The standard InChI is InChI=1S/C23H19ClN2O4S/c24-19-7-11-21(12-8-19)31-15-22(27)26-25-13-16-3-9-20(10-4-16)30-14-17-1-5-18(6-2-17)23(28)29/h1-13H,14-15H2,(H,26,27)(H,28,29)/b25-13-. The molecule has 158 valence electrons. The Labute approximate surface area is 188 Å². The SMILES string of the molecule is O=C(CSc1ccc(Cl)cc1)N/N=C\c1ccc(OCc2ccc(C(=O)O)cc2)cc1. The zero-order valence-electron chi connectivity index (χ0n) is 16.3. The molecule has 0 aliphatic rings. The lowest BCUT2D eigenvalue weighted by Crippen LogP contribution is -2.19. The topological polar surface area (TPSA) is 88.0 Å². The molecule has 0 spiro atoms. The first-order chi connectivity index (χ1) is 15.0. The number of hydrogen-bond acceptors (Lipinski definition) is 5. The van der Waals surface area contributed by atoms with Gasteiger partial charge in [-0.25, -0.2) is 10.2 Å². The first kappa shape index (κ1) is 22.4. The first-order valence-electron chi connectivity index (χ1n) is 9.25. The van der Waals surface area contributed by atoms with Crippen molar-refractivity contribution in [1.82, 2.24) is 5.43 Å². The van der Waals surface area contributed by atoms with E-state index < -0.39 is 5.97 Å². The van der Waals surface area contributed by atoms with E-state index in [0.29, 0.717) is 17.4 Å². The number of aromatic carboxylic acids is 1. The minimum absolute atomic E-state index is 0.204. The number of rotatable bonds is 9. The normalized spacial score (nSPS) is 10.7. The van der Waals surface area contributed by atoms with Crippen LogP contribution in [0.1, 0.15) is 21.5 Å². The summed E-state index contributed by atoms with van der Waals surface area (Å²) in [5.74, 6) is -0.242. The van der Waals surface area contributed by atoms with Crippen molar-refractivity contribution in [3.8, 4) is 5.75 Å². The van der Waals surface area contributed by atoms with Crippen LogP contribution in [0.25, 0.3) is 0 Å². The van der Waals surface area contributed by atoms with Gasteiger partial charge < -0.3 is 9.84 Å². The summed E-state index contributed by atoms with van der Waals surface area (Å²) in [6.07, 6.45) is 1.55. The summed E-state index contributed by atoms with van der Waals surface area (Å²) in [4.78, 5) is 23.7. The van der Waals surface area contributed by atoms with Gasteiger partial charge in [0.15, 0.2) is 0 Å². The van der Waals surface area contributed by atoms with Gasteiger partial charge in [-0.1, -0.05) is 23.7 Å². The Balaban J connectivity index is 1.41. The number of hydrogen-bond donors (Lipinski definition) is 2. The van der Waals surface area contributed by atoms with Crippen molar-refractivity contribution in [1.29, 1.82) is 0 Å². The molecule has 0 saturated carbocycles. The van der Waals surface area contributed by atoms with Gasteiger partial charge in [0.05, 0.1) is 17.5 Å². The summed E-state index contributed by atoms with van der Waals surface area (Å²) in [6, 6.07) is 21.0. The number of ether oxygens (including phenoxy) is 1. The Hall–Kier alpha value is -3.29. The van der Waals surface area contributed by atoms with Crippen molar-refractivity contribution in [2.75, 3.05) is 5.75 Å². The molecule has 0 aliphatic heterocycles. The number of nitrogens with zero attached hydrogens (tertiary/aromatic N) is 1. The number of benzene rings is 3. The summed E-state index contributed by atoms with van der Waals surface area (Å²) in [5.41, 5.74) is 4.42. The smallest absolute Gasteiger partial charge is 0.335 e. The second-order valence-electron chi connectivity index (χ2n) is 6.40. The maximum atomic E-state index is 11.9. The van der Waals surface area contributed by atoms with Gasteiger partial charge in [-0.05, 0) is 71.8 Å². The summed E-state index contributed by atoms with van der Waals surface area (Å²) >= 11 is 7.24. The van der Waals surface area contributed by atoms with Crippen LogP contribution < -0.4 is 10.2 Å². The molecule has 0 saturated heterocycles. The predicted octanol–water partition coefficient (Wildman–Crippen LogP) is 4.86. The molecule has 0 radical (unpaired) electrons. The number of carbonyl (C=O) groups excluding carboxylic acids is 1. The third-order valence-electron chi connectivity index (χ3n) is 4.07. The molecule has 3 aromatic carbocycles. The molecule has 0 bridgehead atoms. The first-order valence-corrected chi connectivity index (χ1v) is 10.6. The third kappa shape index (κ3) is 7.47. The highest BCUT2D eigenvalue weighted by Gasteiger charge is 2.03. The highest BCUT2D eigenvalue weighted by molar-refractivity contribution is 8.00. The number of carboxylic acids is 1. The monoisotopic (exact) mass is 454 g/mol. The molecule has 0 aromatic heterocycles. The fraction of sp³-hybridized carbons (Fsp3) is 0.0870. The van der Waals surface area contributed by atoms with Crippen molar-refractivity contribution in [3.63, 3.8) is 0 Å². The highest BCUT2D eigenvalue weighted by atomic mass is 35.5. The average molecular weight is 455 g/mol. The van der Waals surface area contributed by atoms with Gasteiger partial charge in [0.25, 0.3) is 0 Å². The van der Waals surface area contributed by atoms with Gasteiger partial charge in [0, 0.05) is 9.92 Å². The lowest BCUT2D eigenvalue weighted by molar-refractivity contribution is -0.118. The molecule has 3 aromatic rings. The molecule has 0 unspecified atom stereocenters. The molecule has 0 heterocycles. The minimum Gasteiger partial charge on any atom is -0.489 e. The van der Waals surface area contributed by atoms with E-state index in [1.54, 1.807) is 54.7 Å². The Morgan fingerprint density at radius 2 is 1.68 bits per heavy atom.